The van der Waals surface area contributed by atoms with Crippen LogP contribution < -0.4 is 5.49 Å². The molecule has 82 valence electrons. The molecule has 1 atom stereocenters. The second kappa shape index (κ2) is 4.02. The van der Waals surface area contributed by atoms with Crippen LogP contribution in [0.4, 0.5) is 4.39 Å². The summed E-state index contributed by atoms with van der Waals surface area (Å²) in [5.74, 6) is -3.18. The minimum atomic E-state index is -2.41. The summed E-state index contributed by atoms with van der Waals surface area (Å²) in [4.78, 5) is 10.7. The first kappa shape index (κ1) is 11.7. The molecule has 0 aliphatic carbocycles. The Kier molecular flexibility index (Phi) is 3.14. The summed E-state index contributed by atoms with van der Waals surface area (Å²) in [5.41, 5.74) is -0.259. The van der Waals surface area contributed by atoms with Gasteiger partial charge >= 0.3 is 11.9 Å². The fraction of sp³-hybridized carbons (Fsp3) is 0.333. The van der Waals surface area contributed by atoms with Crippen LogP contribution in [-0.2, 0) is 15.5 Å². The number of carbonyl (C=O) groups excluding carboxylic acids is 1. The molecular formula is C9H10ClFN2O2. The first-order valence-corrected chi connectivity index (χ1v) is 4.53. The molecule has 1 N–H and O–H groups in total. The van der Waals surface area contributed by atoms with Crippen molar-refractivity contribution in [3.63, 3.8) is 0 Å². The van der Waals surface area contributed by atoms with Gasteiger partial charge in [0.05, 0.1) is 5.02 Å². The van der Waals surface area contributed by atoms with Crippen molar-refractivity contribution in [1.29, 1.82) is 5.41 Å². The number of nitrogens with zero attached hydrogens (tertiary/aromatic N) is 1. The maximum atomic E-state index is 13.9. The Labute approximate surface area is 90.8 Å². The lowest BCUT2D eigenvalue weighted by atomic mass is 10.4. The quantitative estimate of drug-likeness (QED) is 0.791. The number of hydrogen-bond acceptors (Lipinski definition) is 3. The maximum absolute atomic E-state index is 13.9. The zero-order chi connectivity index (χ0) is 11.6. The zero-order valence-electron chi connectivity index (χ0n) is 8.25. The predicted octanol–water partition coefficient (Wildman–Crippen LogP) is 1.78. The molecule has 1 aromatic rings. The average molecular weight is 233 g/mol. The lowest BCUT2D eigenvalue weighted by molar-refractivity contribution is -0.203. The third-order valence-corrected chi connectivity index (χ3v) is 2.01. The average Bonchev–Trinajstić information content (AvgIpc) is 2.07. The maximum Gasteiger partial charge on any atom is 0.335 e. The number of carbonyl (C=O) groups is 1. The summed E-state index contributed by atoms with van der Waals surface area (Å²) in [6, 6.07) is 2.91. The van der Waals surface area contributed by atoms with Gasteiger partial charge in [0.25, 0.3) is 0 Å². The van der Waals surface area contributed by atoms with Crippen molar-refractivity contribution in [3.8, 4) is 0 Å². The number of rotatable bonds is 2. The predicted molar refractivity (Wildman–Crippen MR) is 51.8 cm³/mol. The summed E-state index contributed by atoms with van der Waals surface area (Å²) < 4.78 is 19.1. The van der Waals surface area contributed by atoms with Gasteiger partial charge < -0.3 is 4.74 Å². The van der Waals surface area contributed by atoms with Crippen molar-refractivity contribution in [2.45, 2.75) is 19.8 Å². The van der Waals surface area contributed by atoms with E-state index in [9.17, 15) is 9.18 Å². The second-order valence-corrected chi connectivity index (χ2v) is 3.45. The molecule has 0 saturated carbocycles. The highest BCUT2D eigenvalue weighted by atomic mass is 35.5. The zero-order valence-corrected chi connectivity index (χ0v) is 9.01. The number of nitrogens with one attached hydrogen (secondary N) is 1. The van der Waals surface area contributed by atoms with Crippen LogP contribution in [0.15, 0.2) is 18.3 Å². The Morgan fingerprint density at radius 2 is 2.33 bits per heavy atom. The van der Waals surface area contributed by atoms with E-state index < -0.39 is 11.9 Å². The fourth-order valence-corrected chi connectivity index (χ4v) is 1.29. The molecule has 4 nitrogen and oxygen atoms in total. The number of esters is 1. The number of aromatic nitrogens is 1. The summed E-state index contributed by atoms with van der Waals surface area (Å²) >= 11 is 5.64. The van der Waals surface area contributed by atoms with Gasteiger partial charge in [-0.2, -0.15) is 4.39 Å². The lowest BCUT2D eigenvalue weighted by Gasteiger charge is -2.23. The monoisotopic (exact) mass is 232 g/mol. The second-order valence-electron chi connectivity index (χ2n) is 3.04. The molecule has 1 unspecified atom stereocenters. The standard InChI is InChI=1S/C9H10ClFN2O2/c1-6(14)15-9(2,11)13-5-3-4-7(10)8(13)12/h3-5,12H,1-2H3. The normalized spacial score (nSPS) is 14.4. The van der Waals surface area contributed by atoms with Crippen molar-refractivity contribution in [2.24, 2.45) is 0 Å². The fourth-order valence-electron chi connectivity index (χ4n) is 1.13. The molecule has 0 saturated heterocycles. The Morgan fingerprint density at radius 3 is 2.87 bits per heavy atom. The van der Waals surface area contributed by atoms with E-state index in [1.165, 1.54) is 18.3 Å². The molecule has 0 spiro atoms. The number of halogens is 2. The molecule has 0 bridgehead atoms. The third-order valence-electron chi connectivity index (χ3n) is 1.71. The molecule has 0 fully saturated rings. The number of hydrogen-bond donors (Lipinski definition) is 1. The summed E-state index contributed by atoms with van der Waals surface area (Å²) in [6.45, 7) is 2.12. The molecule has 0 aliphatic heterocycles. The lowest BCUT2D eigenvalue weighted by Crippen LogP contribution is -2.38. The molecule has 0 aliphatic rings. The molecule has 0 amide bonds. The Bertz CT molecular complexity index is 442. The number of pyridine rings is 1. The van der Waals surface area contributed by atoms with Crippen molar-refractivity contribution in [1.82, 2.24) is 4.57 Å². The molecule has 0 aromatic carbocycles. The molecular weight excluding hydrogens is 223 g/mol. The van der Waals surface area contributed by atoms with Crippen LogP contribution >= 0.6 is 11.6 Å². The molecule has 1 heterocycles. The van der Waals surface area contributed by atoms with Gasteiger partial charge in [0.2, 0.25) is 0 Å². The van der Waals surface area contributed by atoms with Crippen molar-refractivity contribution >= 4 is 17.6 Å². The van der Waals surface area contributed by atoms with Crippen molar-refractivity contribution in [2.75, 3.05) is 0 Å². The van der Waals surface area contributed by atoms with E-state index in [0.29, 0.717) is 0 Å². The Balaban J connectivity index is 3.21. The van der Waals surface area contributed by atoms with Crippen LogP contribution in [0.25, 0.3) is 0 Å². The number of ether oxygens (including phenoxy) is 1. The largest absolute Gasteiger partial charge is 0.410 e. The van der Waals surface area contributed by atoms with Crippen molar-refractivity contribution in [3.05, 3.63) is 28.8 Å². The third kappa shape index (κ3) is 2.56. The molecule has 15 heavy (non-hydrogen) atoms. The van der Waals surface area contributed by atoms with E-state index in [4.69, 9.17) is 17.0 Å². The summed E-state index contributed by atoms with van der Waals surface area (Å²) in [5, 5.41) is 7.57. The highest BCUT2D eigenvalue weighted by molar-refractivity contribution is 6.30. The van der Waals surface area contributed by atoms with Crippen LogP contribution in [0, 0.1) is 5.41 Å². The van der Waals surface area contributed by atoms with Gasteiger partial charge in [-0.05, 0) is 12.1 Å². The van der Waals surface area contributed by atoms with Gasteiger partial charge in [0.15, 0.2) is 0 Å². The molecule has 1 aromatic heterocycles. The van der Waals surface area contributed by atoms with Gasteiger partial charge in [0, 0.05) is 20.0 Å². The first-order valence-electron chi connectivity index (χ1n) is 4.15. The summed E-state index contributed by atoms with van der Waals surface area (Å²) in [7, 11) is 0. The minimum absolute atomic E-state index is 0.0773. The van der Waals surface area contributed by atoms with Crippen LogP contribution in [0.5, 0.6) is 0 Å². The molecule has 1 rings (SSSR count). The Hall–Kier alpha value is -1.36. The van der Waals surface area contributed by atoms with Crippen LogP contribution in [0.1, 0.15) is 13.8 Å². The van der Waals surface area contributed by atoms with Gasteiger partial charge in [0.1, 0.15) is 5.49 Å². The van der Waals surface area contributed by atoms with Crippen LogP contribution in [0.2, 0.25) is 5.02 Å². The molecule has 0 radical (unpaired) electrons. The van der Waals surface area contributed by atoms with E-state index in [-0.39, 0.29) is 10.5 Å². The van der Waals surface area contributed by atoms with E-state index in [1.807, 2.05) is 0 Å². The van der Waals surface area contributed by atoms with Gasteiger partial charge in [-0.1, -0.05) is 11.6 Å². The van der Waals surface area contributed by atoms with Crippen molar-refractivity contribution < 1.29 is 13.9 Å². The van der Waals surface area contributed by atoms with E-state index in [1.54, 1.807) is 0 Å². The van der Waals surface area contributed by atoms with E-state index in [2.05, 4.69) is 4.74 Å². The van der Waals surface area contributed by atoms with E-state index >= 15 is 0 Å². The van der Waals surface area contributed by atoms with Crippen LogP contribution in [0.3, 0.4) is 0 Å². The van der Waals surface area contributed by atoms with E-state index in [0.717, 1.165) is 18.4 Å². The smallest absolute Gasteiger partial charge is 0.335 e. The first-order chi connectivity index (χ1) is 6.84. The summed E-state index contributed by atoms with van der Waals surface area (Å²) in [6.07, 6.45) is 1.27. The molecule has 6 heteroatoms. The van der Waals surface area contributed by atoms with Crippen LogP contribution in [-0.4, -0.2) is 10.5 Å². The topological polar surface area (TPSA) is 55.1 Å². The number of alkyl halides is 1. The highest BCUT2D eigenvalue weighted by Gasteiger charge is 2.29. The van der Waals surface area contributed by atoms with Gasteiger partial charge in [-0.25, -0.2) is 0 Å². The highest BCUT2D eigenvalue weighted by Crippen LogP contribution is 2.18. The Morgan fingerprint density at radius 1 is 1.73 bits per heavy atom. The minimum Gasteiger partial charge on any atom is -0.410 e. The van der Waals surface area contributed by atoms with Gasteiger partial charge in [-0.15, -0.1) is 0 Å². The van der Waals surface area contributed by atoms with Gasteiger partial charge in [-0.3, -0.25) is 14.8 Å². The SMILES string of the molecule is CC(=O)OC(C)(F)n1cccc(Cl)c1=N.